The molecule has 212 valence electrons. The van der Waals surface area contributed by atoms with Gasteiger partial charge in [0.2, 0.25) is 0 Å². The van der Waals surface area contributed by atoms with Crippen LogP contribution in [-0.2, 0) is 11.6 Å². The van der Waals surface area contributed by atoms with Gasteiger partial charge < -0.3 is 15.1 Å². The first kappa shape index (κ1) is 28.1. The number of alkyl halides is 3. The van der Waals surface area contributed by atoms with Crippen molar-refractivity contribution in [2.45, 2.75) is 32.4 Å². The van der Waals surface area contributed by atoms with Gasteiger partial charge in [0.05, 0.1) is 22.3 Å². The Morgan fingerprint density at radius 1 is 0.780 bits per heavy atom. The summed E-state index contributed by atoms with van der Waals surface area (Å²) in [5, 5.41) is 3.40. The number of carbonyl (C=O) groups is 2. The van der Waals surface area contributed by atoms with Gasteiger partial charge in [-0.25, -0.2) is 9.78 Å². The largest absolute Gasteiger partial charge is 0.416 e. The molecule has 0 spiro atoms. The number of amides is 3. The molecule has 3 aromatic carbocycles. The first-order valence-corrected chi connectivity index (χ1v) is 13.4. The fraction of sp³-hybridized carbons (Fsp3) is 0.281. The zero-order valence-electron chi connectivity index (χ0n) is 23.1. The number of piperazine rings is 1. The molecule has 0 atom stereocenters. The van der Waals surface area contributed by atoms with E-state index in [2.05, 4.69) is 38.2 Å². The van der Waals surface area contributed by atoms with E-state index in [1.807, 2.05) is 42.5 Å². The molecule has 1 fully saturated rings. The van der Waals surface area contributed by atoms with Crippen molar-refractivity contribution in [3.8, 4) is 11.3 Å². The second kappa shape index (κ2) is 10.9. The molecule has 9 heteroatoms. The third-order valence-corrected chi connectivity index (χ3v) is 7.31. The van der Waals surface area contributed by atoms with E-state index in [1.54, 1.807) is 9.80 Å². The zero-order chi connectivity index (χ0) is 29.4. The van der Waals surface area contributed by atoms with Crippen LogP contribution < -0.4 is 5.32 Å². The average Bonchev–Trinajstić information content (AvgIpc) is 2.95. The summed E-state index contributed by atoms with van der Waals surface area (Å²) in [6, 6.07) is 21.5. The van der Waals surface area contributed by atoms with Gasteiger partial charge in [-0.3, -0.25) is 4.79 Å². The average molecular weight is 561 g/mol. The van der Waals surface area contributed by atoms with E-state index in [-0.39, 0.29) is 17.0 Å². The fourth-order valence-corrected chi connectivity index (χ4v) is 4.87. The van der Waals surface area contributed by atoms with Gasteiger partial charge in [0.1, 0.15) is 0 Å². The quantitative estimate of drug-likeness (QED) is 0.288. The first-order chi connectivity index (χ1) is 19.4. The lowest BCUT2D eigenvalue weighted by molar-refractivity contribution is -0.137. The van der Waals surface area contributed by atoms with Crippen LogP contribution in [0.4, 0.5) is 23.7 Å². The Bertz CT molecular complexity index is 1570. The van der Waals surface area contributed by atoms with Gasteiger partial charge in [-0.15, -0.1) is 0 Å². The van der Waals surface area contributed by atoms with Crippen molar-refractivity contribution in [1.82, 2.24) is 14.8 Å². The van der Waals surface area contributed by atoms with E-state index in [4.69, 9.17) is 4.98 Å². The van der Waals surface area contributed by atoms with Gasteiger partial charge in [-0.05, 0) is 47.4 Å². The number of para-hydroxylation sites is 1. The molecule has 41 heavy (non-hydrogen) atoms. The van der Waals surface area contributed by atoms with Crippen LogP contribution >= 0.6 is 0 Å². The number of benzene rings is 3. The van der Waals surface area contributed by atoms with Crippen molar-refractivity contribution < 1.29 is 22.8 Å². The van der Waals surface area contributed by atoms with Crippen LogP contribution in [0.3, 0.4) is 0 Å². The molecule has 0 bridgehead atoms. The number of aromatic nitrogens is 1. The van der Waals surface area contributed by atoms with Crippen LogP contribution in [0, 0.1) is 0 Å². The Morgan fingerprint density at radius 3 is 1.98 bits per heavy atom. The standard InChI is InChI=1S/C32H31F3N4O2/c1-31(2,3)22-10-8-21(9-11-22)28-20-26(25-6-4-5-7-27(25)37-28)29(40)38-16-18-39(19-17-38)30(41)36-24-14-12-23(13-15-24)32(33,34)35/h4-15,20H,16-19H2,1-3H3,(H,36,41). The Balaban J connectivity index is 1.30. The van der Waals surface area contributed by atoms with Crippen molar-refractivity contribution in [3.05, 3.63) is 95.6 Å². The minimum Gasteiger partial charge on any atom is -0.335 e. The number of rotatable bonds is 3. The third kappa shape index (κ3) is 6.19. The highest BCUT2D eigenvalue weighted by molar-refractivity contribution is 6.07. The van der Waals surface area contributed by atoms with Gasteiger partial charge in [-0.1, -0.05) is 63.2 Å². The molecule has 1 aromatic heterocycles. The van der Waals surface area contributed by atoms with Gasteiger partial charge in [0.25, 0.3) is 5.91 Å². The lowest BCUT2D eigenvalue weighted by atomic mass is 9.86. The number of carbonyl (C=O) groups excluding carboxylic acids is 2. The minimum absolute atomic E-state index is 0.0211. The van der Waals surface area contributed by atoms with E-state index in [0.717, 1.165) is 28.6 Å². The first-order valence-electron chi connectivity index (χ1n) is 13.4. The number of anilines is 1. The fourth-order valence-electron chi connectivity index (χ4n) is 4.87. The summed E-state index contributed by atoms with van der Waals surface area (Å²) in [6.07, 6.45) is -4.44. The molecular weight excluding hydrogens is 529 g/mol. The van der Waals surface area contributed by atoms with Crippen molar-refractivity contribution in [2.75, 3.05) is 31.5 Å². The number of hydrogen-bond acceptors (Lipinski definition) is 3. The lowest BCUT2D eigenvalue weighted by Crippen LogP contribution is -2.51. The highest BCUT2D eigenvalue weighted by atomic mass is 19.4. The van der Waals surface area contributed by atoms with Crippen molar-refractivity contribution in [3.63, 3.8) is 0 Å². The maximum atomic E-state index is 13.8. The molecule has 3 amide bonds. The summed E-state index contributed by atoms with van der Waals surface area (Å²) in [7, 11) is 0. The van der Waals surface area contributed by atoms with Gasteiger partial charge >= 0.3 is 12.2 Å². The maximum Gasteiger partial charge on any atom is 0.416 e. The van der Waals surface area contributed by atoms with Crippen molar-refractivity contribution in [1.29, 1.82) is 0 Å². The SMILES string of the molecule is CC(C)(C)c1ccc(-c2cc(C(=O)N3CCN(C(=O)Nc4ccc(C(F)(F)F)cc4)CC3)c3ccccc3n2)cc1. The number of hydrogen-bond donors (Lipinski definition) is 1. The van der Waals surface area contributed by atoms with Crippen LogP contribution in [0.2, 0.25) is 0 Å². The summed E-state index contributed by atoms with van der Waals surface area (Å²) in [4.78, 5) is 34.6. The second-order valence-electron chi connectivity index (χ2n) is 11.2. The molecule has 1 aliphatic heterocycles. The summed E-state index contributed by atoms with van der Waals surface area (Å²) in [5.41, 5.74) is 3.62. The van der Waals surface area contributed by atoms with Crippen molar-refractivity contribution >= 4 is 28.5 Å². The van der Waals surface area contributed by atoms with Gasteiger partial charge in [-0.2, -0.15) is 13.2 Å². The molecule has 0 aliphatic carbocycles. The van der Waals surface area contributed by atoms with Gasteiger partial charge in [0.15, 0.2) is 0 Å². The molecule has 5 rings (SSSR count). The minimum atomic E-state index is -4.44. The number of halogens is 3. The van der Waals surface area contributed by atoms with Gasteiger partial charge in [0, 0.05) is 42.8 Å². The topological polar surface area (TPSA) is 65.5 Å². The molecule has 6 nitrogen and oxygen atoms in total. The maximum absolute atomic E-state index is 13.8. The number of urea groups is 1. The summed E-state index contributed by atoms with van der Waals surface area (Å²) < 4.78 is 38.4. The van der Waals surface area contributed by atoms with E-state index in [1.165, 1.54) is 17.7 Å². The van der Waals surface area contributed by atoms with E-state index < -0.39 is 17.8 Å². The molecule has 4 aromatic rings. The Kier molecular flexibility index (Phi) is 7.46. The van der Waals surface area contributed by atoms with Crippen LogP contribution in [0.1, 0.15) is 42.3 Å². The normalized spacial score (nSPS) is 14.3. The lowest BCUT2D eigenvalue weighted by Gasteiger charge is -2.35. The number of fused-ring (bicyclic) bond motifs is 1. The summed E-state index contributed by atoms with van der Waals surface area (Å²) >= 11 is 0. The molecule has 1 saturated heterocycles. The molecule has 2 heterocycles. The van der Waals surface area contributed by atoms with E-state index >= 15 is 0 Å². The van der Waals surface area contributed by atoms with E-state index in [0.29, 0.717) is 37.4 Å². The molecule has 0 radical (unpaired) electrons. The smallest absolute Gasteiger partial charge is 0.335 e. The number of nitrogens with one attached hydrogen (secondary N) is 1. The molecule has 1 aliphatic rings. The zero-order valence-corrected chi connectivity index (χ0v) is 23.1. The Hall–Kier alpha value is -4.40. The predicted molar refractivity (Wildman–Crippen MR) is 154 cm³/mol. The monoisotopic (exact) mass is 560 g/mol. The van der Waals surface area contributed by atoms with Crippen molar-refractivity contribution in [2.24, 2.45) is 0 Å². The van der Waals surface area contributed by atoms with Crippen LogP contribution in [0.15, 0.2) is 78.9 Å². The second-order valence-corrected chi connectivity index (χ2v) is 11.2. The van der Waals surface area contributed by atoms with Crippen LogP contribution in [0.5, 0.6) is 0 Å². The molecule has 0 unspecified atom stereocenters. The number of nitrogens with zero attached hydrogens (tertiary/aromatic N) is 3. The molecular formula is C32H31F3N4O2. The third-order valence-electron chi connectivity index (χ3n) is 7.31. The Labute approximate surface area is 236 Å². The highest BCUT2D eigenvalue weighted by Crippen LogP contribution is 2.31. The molecule has 0 saturated carbocycles. The summed E-state index contributed by atoms with van der Waals surface area (Å²) in [6.45, 7) is 7.71. The summed E-state index contributed by atoms with van der Waals surface area (Å²) in [5.74, 6) is -0.140. The van der Waals surface area contributed by atoms with Crippen LogP contribution in [0.25, 0.3) is 22.2 Å². The predicted octanol–water partition coefficient (Wildman–Crippen LogP) is 7.21. The van der Waals surface area contributed by atoms with Crippen LogP contribution in [-0.4, -0.2) is 52.9 Å². The Morgan fingerprint density at radius 2 is 1.37 bits per heavy atom. The van der Waals surface area contributed by atoms with E-state index in [9.17, 15) is 22.8 Å². The highest BCUT2D eigenvalue weighted by Gasteiger charge is 2.30. The number of pyridine rings is 1. The molecule has 1 N–H and O–H groups in total.